The smallest absolute Gasteiger partial charge is 0.203 e. The van der Waals surface area contributed by atoms with Crippen molar-refractivity contribution in [3.63, 3.8) is 0 Å². The maximum atomic E-state index is 13.6. The summed E-state index contributed by atoms with van der Waals surface area (Å²) in [5, 5.41) is 0. The lowest BCUT2D eigenvalue weighted by molar-refractivity contribution is 0.0811. The third-order valence-corrected chi connectivity index (χ3v) is 3.26. The van der Waals surface area contributed by atoms with Gasteiger partial charge in [0.25, 0.3) is 0 Å². The van der Waals surface area contributed by atoms with E-state index in [1.807, 2.05) is 0 Å². The second-order valence-electron chi connectivity index (χ2n) is 4.33. The molecule has 2 aromatic carbocycles. The molecule has 6 heteroatoms. The van der Waals surface area contributed by atoms with Gasteiger partial charge in [-0.05, 0) is 43.3 Å². The molecule has 1 atom stereocenters. The van der Waals surface area contributed by atoms with Gasteiger partial charge < -0.3 is 4.74 Å². The van der Waals surface area contributed by atoms with Crippen molar-refractivity contribution in [2.24, 2.45) is 0 Å². The number of benzene rings is 2. The summed E-state index contributed by atoms with van der Waals surface area (Å²) in [5.41, 5.74) is -0.0427. The lowest BCUT2D eigenvalue weighted by atomic mass is 10.1. The summed E-state index contributed by atoms with van der Waals surface area (Å²) >= 11 is 3.10. The highest BCUT2D eigenvalue weighted by molar-refractivity contribution is 9.10. The monoisotopic (exact) mass is 358 g/mol. The van der Waals surface area contributed by atoms with Crippen LogP contribution in [0.2, 0.25) is 0 Å². The number of halogens is 4. The molecule has 2 rings (SSSR count). The van der Waals surface area contributed by atoms with E-state index in [-0.39, 0.29) is 11.3 Å². The van der Waals surface area contributed by atoms with Crippen LogP contribution in [-0.4, -0.2) is 11.9 Å². The Bertz CT molecular complexity index is 689. The number of ether oxygens (including phenoxy) is 1. The van der Waals surface area contributed by atoms with Crippen molar-refractivity contribution in [1.82, 2.24) is 0 Å². The van der Waals surface area contributed by atoms with E-state index < -0.39 is 29.3 Å². The van der Waals surface area contributed by atoms with Crippen LogP contribution in [0.1, 0.15) is 17.3 Å². The van der Waals surface area contributed by atoms with Gasteiger partial charge in [-0.25, -0.2) is 13.2 Å². The molecule has 0 amide bonds. The van der Waals surface area contributed by atoms with Gasteiger partial charge in [0.15, 0.2) is 29.3 Å². The average molecular weight is 359 g/mol. The Hall–Kier alpha value is -1.82. The number of carbonyl (C=O) groups is 1. The normalized spacial score (nSPS) is 12.0. The summed E-state index contributed by atoms with van der Waals surface area (Å²) in [5.74, 6) is -3.46. The largest absolute Gasteiger partial charge is 0.479 e. The molecule has 0 aliphatic heterocycles. The van der Waals surface area contributed by atoms with E-state index in [9.17, 15) is 18.0 Å². The van der Waals surface area contributed by atoms with Gasteiger partial charge in [0.05, 0.1) is 0 Å². The van der Waals surface area contributed by atoms with Gasteiger partial charge in [-0.2, -0.15) is 0 Å². The van der Waals surface area contributed by atoms with Crippen LogP contribution in [0.25, 0.3) is 0 Å². The molecular formula is C15H10BrF3O2. The van der Waals surface area contributed by atoms with E-state index in [1.54, 1.807) is 6.07 Å². The highest BCUT2D eigenvalue weighted by atomic mass is 79.9. The minimum atomic E-state index is -1.12. The fourth-order valence-corrected chi connectivity index (χ4v) is 2.03. The molecule has 0 radical (unpaired) electrons. The van der Waals surface area contributed by atoms with Crippen LogP contribution in [0.4, 0.5) is 13.2 Å². The first-order chi connectivity index (χ1) is 9.88. The Kier molecular flexibility index (Phi) is 4.67. The molecule has 1 unspecified atom stereocenters. The second-order valence-corrected chi connectivity index (χ2v) is 5.24. The molecule has 0 N–H and O–H groups in total. The molecular weight excluding hydrogens is 349 g/mol. The standard InChI is InChI=1S/C15H10BrF3O2/c1-8(21-14-5-3-10(16)7-13(14)19)15(20)9-2-4-11(17)12(18)6-9/h2-8H,1H3. The molecule has 0 heterocycles. The number of carbonyl (C=O) groups excluding carboxylic acids is 1. The van der Waals surface area contributed by atoms with Crippen LogP contribution in [0.5, 0.6) is 5.75 Å². The van der Waals surface area contributed by atoms with Crippen LogP contribution >= 0.6 is 15.9 Å². The van der Waals surface area contributed by atoms with E-state index in [1.165, 1.54) is 19.1 Å². The van der Waals surface area contributed by atoms with Gasteiger partial charge in [0.1, 0.15) is 0 Å². The van der Waals surface area contributed by atoms with Gasteiger partial charge in [0, 0.05) is 10.0 Å². The molecule has 0 aliphatic carbocycles. The highest BCUT2D eigenvalue weighted by Gasteiger charge is 2.19. The fraction of sp³-hybridized carbons (Fsp3) is 0.133. The average Bonchev–Trinajstić information content (AvgIpc) is 2.44. The zero-order chi connectivity index (χ0) is 15.6. The van der Waals surface area contributed by atoms with Crippen LogP contribution < -0.4 is 4.74 Å². The van der Waals surface area contributed by atoms with Gasteiger partial charge in [-0.15, -0.1) is 0 Å². The predicted octanol–water partition coefficient (Wildman–Crippen LogP) is 4.52. The molecule has 0 fully saturated rings. The van der Waals surface area contributed by atoms with Gasteiger partial charge in [0.2, 0.25) is 5.78 Å². The maximum Gasteiger partial charge on any atom is 0.203 e. The SMILES string of the molecule is CC(Oc1ccc(Br)cc1F)C(=O)c1ccc(F)c(F)c1. The van der Waals surface area contributed by atoms with Crippen LogP contribution in [0.15, 0.2) is 40.9 Å². The van der Waals surface area contributed by atoms with Crippen LogP contribution in [-0.2, 0) is 0 Å². The predicted molar refractivity (Wildman–Crippen MR) is 74.9 cm³/mol. The van der Waals surface area contributed by atoms with E-state index in [4.69, 9.17) is 4.74 Å². The van der Waals surface area contributed by atoms with Gasteiger partial charge in [-0.1, -0.05) is 15.9 Å². The lowest BCUT2D eigenvalue weighted by Crippen LogP contribution is -2.24. The second kappa shape index (κ2) is 6.30. The van der Waals surface area contributed by atoms with E-state index in [0.29, 0.717) is 4.47 Å². The topological polar surface area (TPSA) is 26.3 Å². The summed E-state index contributed by atoms with van der Waals surface area (Å²) in [7, 11) is 0. The highest BCUT2D eigenvalue weighted by Crippen LogP contribution is 2.23. The number of ketones is 1. The Balaban J connectivity index is 2.17. The first-order valence-electron chi connectivity index (χ1n) is 5.99. The minimum Gasteiger partial charge on any atom is -0.479 e. The van der Waals surface area contributed by atoms with E-state index in [0.717, 1.165) is 18.2 Å². The summed E-state index contributed by atoms with van der Waals surface area (Å²) in [6.45, 7) is 1.41. The minimum absolute atomic E-state index is 0.0427. The fourth-order valence-electron chi connectivity index (χ4n) is 1.70. The molecule has 0 saturated carbocycles. The summed E-state index contributed by atoms with van der Waals surface area (Å²) in [4.78, 5) is 12.0. The number of rotatable bonds is 4. The molecule has 2 nitrogen and oxygen atoms in total. The molecule has 2 aromatic rings. The maximum absolute atomic E-state index is 13.6. The third kappa shape index (κ3) is 3.64. The molecule has 0 spiro atoms. The summed E-state index contributed by atoms with van der Waals surface area (Å²) < 4.78 is 45.3. The van der Waals surface area contributed by atoms with Crippen molar-refractivity contribution >= 4 is 21.7 Å². The Morgan fingerprint density at radius 2 is 1.76 bits per heavy atom. The van der Waals surface area contributed by atoms with Crippen molar-refractivity contribution < 1.29 is 22.7 Å². The molecule has 0 aliphatic rings. The molecule has 0 bridgehead atoms. The van der Waals surface area contributed by atoms with E-state index >= 15 is 0 Å². The Morgan fingerprint density at radius 1 is 1.05 bits per heavy atom. The van der Waals surface area contributed by atoms with Gasteiger partial charge >= 0.3 is 0 Å². The third-order valence-electron chi connectivity index (χ3n) is 2.77. The van der Waals surface area contributed by atoms with Crippen molar-refractivity contribution in [1.29, 1.82) is 0 Å². The first-order valence-corrected chi connectivity index (χ1v) is 6.78. The van der Waals surface area contributed by atoms with Gasteiger partial charge in [-0.3, -0.25) is 4.79 Å². The Morgan fingerprint density at radius 3 is 2.38 bits per heavy atom. The van der Waals surface area contributed by atoms with Crippen molar-refractivity contribution in [3.8, 4) is 5.75 Å². The summed E-state index contributed by atoms with van der Waals surface area (Å²) in [6, 6.07) is 6.93. The van der Waals surface area contributed by atoms with Crippen molar-refractivity contribution in [3.05, 3.63) is 63.9 Å². The molecule has 0 saturated heterocycles. The van der Waals surface area contributed by atoms with E-state index in [2.05, 4.69) is 15.9 Å². The zero-order valence-electron chi connectivity index (χ0n) is 10.9. The van der Waals surface area contributed by atoms with Crippen molar-refractivity contribution in [2.75, 3.05) is 0 Å². The number of Topliss-reactive ketones (excluding diaryl/α,β-unsaturated/α-hetero) is 1. The van der Waals surface area contributed by atoms with Crippen LogP contribution in [0.3, 0.4) is 0 Å². The lowest BCUT2D eigenvalue weighted by Gasteiger charge is -2.14. The quantitative estimate of drug-likeness (QED) is 0.751. The molecule has 21 heavy (non-hydrogen) atoms. The zero-order valence-corrected chi connectivity index (χ0v) is 12.5. The van der Waals surface area contributed by atoms with Crippen molar-refractivity contribution in [2.45, 2.75) is 13.0 Å². The Labute approximate surface area is 127 Å². The molecule has 110 valence electrons. The number of hydrogen-bond donors (Lipinski definition) is 0. The first kappa shape index (κ1) is 15.6. The summed E-state index contributed by atoms with van der Waals surface area (Å²) in [6.07, 6.45) is -1.04. The number of hydrogen-bond acceptors (Lipinski definition) is 2. The molecule has 0 aromatic heterocycles. The van der Waals surface area contributed by atoms with Crippen LogP contribution in [0, 0.1) is 17.5 Å².